The van der Waals surface area contributed by atoms with Gasteiger partial charge in [0.05, 0.1) is 12.3 Å². The van der Waals surface area contributed by atoms with E-state index in [9.17, 15) is 8.78 Å². The molecular weight excluding hydrogens is 519 g/mol. The van der Waals surface area contributed by atoms with Gasteiger partial charge in [-0.1, -0.05) is 19.9 Å². The number of hydrogen-bond donors (Lipinski definition) is 1. The monoisotopic (exact) mass is 551 g/mol. The predicted molar refractivity (Wildman–Crippen MR) is 129 cm³/mol. The molecule has 0 unspecified atom stereocenters. The highest BCUT2D eigenvalue weighted by atomic mass is 127. The molecular formula is C21H32F2IN5O2. The van der Waals surface area contributed by atoms with Gasteiger partial charge in [-0.05, 0) is 30.5 Å². The van der Waals surface area contributed by atoms with Crippen molar-refractivity contribution in [1.82, 2.24) is 20.0 Å². The molecule has 0 bridgehead atoms. The average molecular weight is 551 g/mol. The molecule has 0 fully saturated rings. The SMILES string of the molecule is CCOc1cc(CNC(=NC)N(C)Cc2cn(C)nc2C(C)C)ccc1OC(F)F.I. The van der Waals surface area contributed by atoms with E-state index < -0.39 is 6.61 Å². The summed E-state index contributed by atoms with van der Waals surface area (Å²) in [5.41, 5.74) is 3.07. The largest absolute Gasteiger partial charge is 0.490 e. The van der Waals surface area contributed by atoms with E-state index in [2.05, 4.69) is 34.0 Å². The zero-order valence-electron chi connectivity index (χ0n) is 18.9. The van der Waals surface area contributed by atoms with Crippen molar-refractivity contribution in [2.45, 2.75) is 46.4 Å². The molecule has 31 heavy (non-hydrogen) atoms. The number of alkyl halides is 2. The van der Waals surface area contributed by atoms with Gasteiger partial charge in [-0.2, -0.15) is 13.9 Å². The molecule has 0 aliphatic carbocycles. The normalized spacial score (nSPS) is 11.5. The molecule has 0 aliphatic rings. The summed E-state index contributed by atoms with van der Waals surface area (Å²) in [6, 6.07) is 4.91. The van der Waals surface area contributed by atoms with Gasteiger partial charge < -0.3 is 19.7 Å². The first-order chi connectivity index (χ1) is 14.2. The van der Waals surface area contributed by atoms with Crippen LogP contribution in [-0.4, -0.2) is 48.0 Å². The van der Waals surface area contributed by atoms with Crippen LogP contribution in [0, 0.1) is 0 Å². The van der Waals surface area contributed by atoms with Gasteiger partial charge in [0.1, 0.15) is 0 Å². The van der Waals surface area contributed by atoms with Crippen molar-refractivity contribution in [3.8, 4) is 11.5 Å². The highest BCUT2D eigenvalue weighted by Crippen LogP contribution is 2.30. The van der Waals surface area contributed by atoms with Crippen molar-refractivity contribution in [1.29, 1.82) is 0 Å². The molecule has 7 nitrogen and oxygen atoms in total. The molecule has 0 radical (unpaired) electrons. The number of guanidine groups is 1. The van der Waals surface area contributed by atoms with Crippen LogP contribution in [0.2, 0.25) is 0 Å². The lowest BCUT2D eigenvalue weighted by molar-refractivity contribution is -0.0514. The van der Waals surface area contributed by atoms with E-state index >= 15 is 0 Å². The number of nitrogens with one attached hydrogen (secondary N) is 1. The first kappa shape index (κ1) is 26.9. The Labute approximate surface area is 199 Å². The Balaban J connectivity index is 0.00000480. The Hall–Kier alpha value is -2.11. The van der Waals surface area contributed by atoms with Gasteiger partial charge in [0.25, 0.3) is 0 Å². The van der Waals surface area contributed by atoms with Crippen molar-refractivity contribution in [3.05, 3.63) is 41.2 Å². The third-order valence-corrected chi connectivity index (χ3v) is 4.44. The molecule has 0 saturated carbocycles. The fraction of sp³-hybridized carbons (Fsp3) is 0.524. The van der Waals surface area contributed by atoms with E-state index in [0.717, 1.165) is 16.8 Å². The van der Waals surface area contributed by atoms with Crippen molar-refractivity contribution in [2.24, 2.45) is 12.0 Å². The van der Waals surface area contributed by atoms with E-state index in [4.69, 9.17) is 4.74 Å². The minimum Gasteiger partial charge on any atom is -0.490 e. The molecule has 1 aromatic carbocycles. The zero-order chi connectivity index (χ0) is 22.3. The number of ether oxygens (including phenoxy) is 2. The Morgan fingerprint density at radius 3 is 2.58 bits per heavy atom. The summed E-state index contributed by atoms with van der Waals surface area (Å²) in [5, 5.41) is 7.84. The molecule has 0 aliphatic heterocycles. The number of aliphatic imine (C=N–C) groups is 1. The summed E-state index contributed by atoms with van der Waals surface area (Å²) in [6.45, 7) is 4.60. The predicted octanol–water partition coefficient (Wildman–Crippen LogP) is 4.37. The fourth-order valence-corrected chi connectivity index (χ4v) is 3.18. The first-order valence-corrected chi connectivity index (χ1v) is 9.89. The van der Waals surface area contributed by atoms with Crippen LogP contribution in [0.4, 0.5) is 8.78 Å². The maximum atomic E-state index is 12.6. The standard InChI is InChI=1S/C21H31F2N5O2.HI/c1-7-29-18-10-15(8-9-17(18)30-20(22)23)11-25-21(24-4)27(5)12-16-13-28(6)26-19(16)14(2)3;/h8-10,13-14,20H,7,11-12H2,1-6H3,(H,24,25);1H. The second kappa shape index (κ2) is 12.7. The van der Waals surface area contributed by atoms with Crippen LogP contribution < -0.4 is 14.8 Å². The van der Waals surface area contributed by atoms with Gasteiger partial charge in [-0.25, -0.2) is 0 Å². The minimum absolute atomic E-state index is 0. The third-order valence-electron chi connectivity index (χ3n) is 4.44. The zero-order valence-corrected chi connectivity index (χ0v) is 21.2. The van der Waals surface area contributed by atoms with Gasteiger partial charge in [0.15, 0.2) is 17.5 Å². The van der Waals surface area contributed by atoms with E-state index in [0.29, 0.717) is 31.6 Å². The van der Waals surface area contributed by atoms with Gasteiger partial charge >= 0.3 is 6.61 Å². The van der Waals surface area contributed by atoms with Crippen molar-refractivity contribution < 1.29 is 18.3 Å². The third kappa shape index (κ3) is 7.82. The average Bonchev–Trinajstić information content (AvgIpc) is 3.04. The lowest BCUT2D eigenvalue weighted by Crippen LogP contribution is -2.38. The van der Waals surface area contributed by atoms with Gasteiger partial charge in [-0.3, -0.25) is 9.67 Å². The second-order valence-corrected chi connectivity index (χ2v) is 7.22. The van der Waals surface area contributed by atoms with Gasteiger partial charge in [-0.15, -0.1) is 24.0 Å². The number of aryl methyl sites for hydroxylation is 1. The molecule has 2 aromatic rings. The van der Waals surface area contributed by atoms with Crippen LogP contribution >= 0.6 is 24.0 Å². The molecule has 0 atom stereocenters. The highest BCUT2D eigenvalue weighted by Gasteiger charge is 2.16. The summed E-state index contributed by atoms with van der Waals surface area (Å²) >= 11 is 0. The fourth-order valence-electron chi connectivity index (χ4n) is 3.18. The summed E-state index contributed by atoms with van der Waals surface area (Å²) in [5.74, 6) is 1.35. The smallest absolute Gasteiger partial charge is 0.387 e. The van der Waals surface area contributed by atoms with E-state index in [1.807, 2.05) is 29.9 Å². The van der Waals surface area contributed by atoms with Crippen LogP contribution in [0.3, 0.4) is 0 Å². The van der Waals surface area contributed by atoms with Gasteiger partial charge in [0, 0.05) is 46.0 Å². The molecule has 174 valence electrons. The molecule has 0 spiro atoms. The molecule has 0 amide bonds. The number of benzene rings is 1. The maximum Gasteiger partial charge on any atom is 0.387 e. The van der Waals surface area contributed by atoms with Crippen LogP contribution in [0.5, 0.6) is 11.5 Å². The number of nitrogens with zero attached hydrogens (tertiary/aromatic N) is 4. The van der Waals surface area contributed by atoms with Crippen LogP contribution in [-0.2, 0) is 20.1 Å². The second-order valence-electron chi connectivity index (χ2n) is 7.22. The van der Waals surface area contributed by atoms with Crippen LogP contribution in [0.25, 0.3) is 0 Å². The van der Waals surface area contributed by atoms with Crippen molar-refractivity contribution in [3.63, 3.8) is 0 Å². The Morgan fingerprint density at radius 2 is 2.00 bits per heavy atom. The molecule has 10 heteroatoms. The van der Waals surface area contributed by atoms with Crippen LogP contribution in [0.1, 0.15) is 43.5 Å². The molecule has 2 rings (SSSR count). The molecule has 1 heterocycles. The lowest BCUT2D eigenvalue weighted by Gasteiger charge is -2.22. The van der Waals surface area contributed by atoms with Crippen molar-refractivity contribution >= 4 is 29.9 Å². The number of hydrogen-bond acceptors (Lipinski definition) is 4. The summed E-state index contributed by atoms with van der Waals surface area (Å²) in [6.07, 6.45) is 2.02. The highest BCUT2D eigenvalue weighted by molar-refractivity contribution is 14.0. The van der Waals surface area contributed by atoms with E-state index in [-0.39, 0.29) is 35.5 Å². The van der Waals surface area contributed by atoms with Crippen molar-refractivity contribution in [2.75, 3.05) is 20.7 Å². The summed E-state index contributed by atoms with van der Waals surface area (Å²) in [4.78, 5) is 6.36. The van der Waals surface area contributed by atoms with Crippen LogP contribution in [0.15, 0.2) is 29.4 Å². The Kier molecular flexibility index (Phi) is 11.0. The van der Waals surface area contributed by atoms with E-state index in [1.165, 1.54) is 6.07 Å². The number of rotatable bonds is 9. The topological polar surface area (TPSA) is 63.9 Å². The summed E-state index contributed by atoms with van der Waals surface area (Å²) < 4.78 is 36.9. The lowest BCUT2D eigenvalue weighted by atomic mass is 10.1. The van der Waals surface area contributed by atoms with E-state index in [1.54, 1.807) is 26.1 Å². The first-order valence-electron chi connectivity index (χ1n) is 9.89. The Bertz CT molecular complexity index is 858. The molecule has 1 aromatic heterocycles. The number of aromatic nitrogens is 2. The molecule has 1 N–H and O–H groups in total. The maximum absolute atomic E-state index is 12.6. The Morgan fingerprint density at radius 1 is 1.29 bits per heavy atom. The minimum atomic E-state index is -2.90. The quantitative estimate of drug-likeness (QED) is 0.285. The summed E-state index contributed by atoms with van der Waals surface area (Å²) in [7, 11) is 5.59. The molecule has 0 saturated heterocycles. The number of halogens is 3. The van der Waals surface area contributed by atoms with Gasteiger partial charge in [0.2, 0.25) is 0 Å².